The average molecular weight is 665 g/mol. The molecular weight excluding hydrogens is 624 g/mol. The molecule has 0 saturated carbocycles. The zero-order valence-electron chi connectivity index (χ0n) is 28.1. The maximum atomic E-state index is 13.6. The molecule has 0 aliphatic carbocycles. The maximum Gasteiger partial charge on any atom is 0.410 e. The summed E-state index contributed by atoms with van der Waals surface area (Å²) in [7, 11) is 1.56. The summed E-state index contributed by atoms with van der Waals surface area (Å²) in [5.74, 6) is 0.718. The van der Waals surface area contributed by atoms with Crippen LogP contribution >= 0.6 is 0 Å². The van der Waals surface area contributed by atoms with Gasteiger partial charge in [0.2, 0.25) is 0 Å². The molecule has 49 heavy (non-hydrogen) atoms. The van der Waals surface area contributed by atoms with E-state index in [9.17, 15) is 9.59 Å². The van der Waals surface area contributed by atoms with E-state index < -0.39 is 5.60 Å². The molecule has 12 heteroatoms. The number of hydrogen-bond donors (Lipinski definition) is 1. The SMILES string of the molecule is COCOc1ccc(-c2cnn3ccc(C(=O)Nc4ccccc4N4CCN(C(=O)OC(C)(C)C)CC4)nc23)cc1OCc1ccccc1. The summed E-state index contributed by atoms with van der Waals surface area (Å²) >= 11 is 0. The minimum Gasteiger partial charge on any atom is -0.485 e. The van der Waals surface area contributed by atoms with Gasteiger partial charge in [-0.25, -0.2) is 14.3 Å². The molecule has 1 saturated heterocycles. The largest absolute Gasteiger partial charge is 0.485 e. The Morgan fingerprint density at radius 2 is 1.63 bits per heavy atom. The first-order valence-corrected chi connectivity index (χ1v) is 16.1. The molecule has 1 fully saturated rings. The second-order valence-electron chi connectivity index (χ2n) is 12.6. The third-order valence-corrected chi connectivity index (χ3v) is 7.85. The molecular formula is C37H40N6O6. The zero-order valence-corrected chi connectivity index (χ0v) is 28.1. The summed E-state index contributed by atoms with van der Waals surface area (Å²) < 4.78 is 24.2. The van der Waals surface area contributed by atoms with Crippen LogP contribution in [-0.4, -0.2) is 77.2 Å². The first-order valence-electron chi connectivity index (χ1n) is 16.1. The van der Waals surface area contributed by atoms with Crippen LogP contribution in [0.1, 0.15) is 36.8 Å². The molecule has 1 aliphatic rings. The number of carbonyl (C=O) groups excluding carboxylic acids is 2. The van der Waals surface area contributed by atoms with Gasteiger partial charge in [-0.3, -0.25) is 4.79 Å². The Morgan fingerprint density at radius 1 is 0.878 bits per heavy atom. The van der Waals surface area contributed by atoms with E-state index in [0.717, 1.165) is 22.4 Å². The van der Waals surface area contributed by atoms with E-state index in [0.29, 0.717) is 55.6 Å². The second kappa shape index (κ2) is 14.7. The van der Waals surface area contributed by atoms with E-state index in [1.165, 1.54) is 0 Å². The van der Waals surface area contributed by atoms with Crippen molar-refractivity contribution in [2.75, 3.05) is 50.3 Å². The fourth-order valence-corrected chi connectivity index (χ4v) is 5.46. The lowest BCUT2D eigenvalue weighted by Crippen LogP contribution is -2.50. The molecule has 2 aromatic heterocycles. The number of para-hydroxylation sites is 2. The number of hydrogen-bond acceptors (Lipinski definition) is 9. The monoisotopic (exact) mass is 664 g/mol. The summed E-state index contributed by atoms with van der Waals surface area (Å²) in [5.41, 5.74) is 4.25. The standard InChI is InChI=1S/C37H40N6O6/c1-37(2,3)49-36(45)42-20-18-41(19-21-42)31-13-9-8-12-29(31)40-35(44)30-16-17-43-34(39-30)28(23-38-43)27-14-15-32(48-25-46-4)33(22-27)47-24-26-10-6-5-7-11-26/h5-17,22-23H,18-21,24-25H2,1-4H3,(H,40,44). The number of nitrogens with zero attached hydrogens (tertiary/aromatic N) is 5. The highest BCUT2D eigenvalue weighted by Crippen LogP contribution is 2.35. The van der Waals surface area contributed by atoms with Gasteiger partial charge in [-0.2, -0.15) is 5.10 Å². The molecule has 0 radical (unpaired) electrons. The van der Waals surface area contributed by atoms with Crippen molar-refractivity contribution in [3.8, 4) is 22.6 Å². The van der Waals surface area contributed by atoms with E-state index in [4.69, 9.17) is 23.9 Å². The van der Waals surface area contributed by atoms with Gasteiger partial charge in [0.05, 0.1) is 17.6 Å². The van der Waals surface area contributed by atoms with Crippen LogP contribution in [0.15, 0.2) is 91.3 Å². The lowest BCUT2D eigenvalue weighted by molar-refractivity contribution is 0.0240. The first kappa shape index (κ1) is 33.3. The Morgan fingerprint density at radius 3 is 2.39 bits per heavy atom. The van der Waals surface area contributed by atoms with Crippen molar-refractivity contribution >= 4 is 29.0 Å². The number of aromatic nitrogens is 3. The van der Waals surface area contributed by atoms with Gasteiger partial charge < -0.3 is 34.1 Å². The van der Waals surface area contributed by atoms with E-state index in [1.807, 2.05) is 93.6 Å². The van der Waals surface area contributed by atoms with Crippen LogP contribution in [0.3, 0.4) is 0 Å². The fourth-order valence-electron chi connectivity index (χ4n) is 5.46. The van der Waals surface area contributed by atoms with Crippen molar-refractivity contribution in [3.63, 3.8) is 0 Å². The molecule has 6 rings (SSSR count). The Bertz CT molecular complexity index is 1910. The molecule has 0 bridgehead atoms. The topological polar surface area (TPSA) is 120 Å². The van der Waals surface area contributed by atoms with Crippen molar-refractivity contribution in [3.05, 3.63) is 103 Å². The number of fused-ring (bicyclic) bond motifs is 1. The first-order chi connectivity index (χ1) is 23.7. The third kappa shape index (κ3) is 8.10. The van der Waals surface area contributed by atoms with Gasteiger partial charge in [-0.05, 0) is 62.2 Å². The predicted octanol–water partition coefficient (Wildman–Crippen LogP) is 6.27. The van der Waals surface area contributed by atoms with E-state index in [2.05, 4.69) is 15.3 Å². The van der Waals surface area contributed by atoms with Gasteiger partial charge >= 0.3 is 6.09 Å². The summed E-state index contributed by atoms with van der Waals surface area (Å²) in [4.78, 5) is 34.8. The van der Waals surface area contributed by atoms with Crippen molar-refractivity contribution in [1.29, 1.82) is 0 Å². The number of carbonyl (C=O) groups is 2. The number of rotatable bonds is 10. The zero-order chi connectivity index (χ0) is 34.4. The molecule has 3 aromatic carbocycles. The fraction of sp³-hybridized carbons (Fsp3) is 0.297. The maximum absolute atomic E-state index is 13.6. The van der Waals surface area contributed by atoms with E-state index >= 15 is 0 Å². The highest BCUT2D eigenvalue weighted by molar-refractivity contribution is 6.05. The number of benzene rings is 3. The van der Waals surface area contributed by atoms with Gasteiger partial charge in [-0.15, -0.1) is 0 Å². The van der Waals surface area contributed by atoms with Crippen molar-refractivity contribution in [2.45, 2.75) is 33.0 Å². The molecule has 2 amide bonds. The molecule has 254 valence electrons. The van der Waals surface area contributed by atoms with E-state index in [1.54, 1.807) is 35.0 Å². The van der Waals surface area contributed by atoms with Crippen LogP contribution in [0.4, 0.5) is 16.2 Å². The molecule has 0 unspecified atom stereocenters. The highest BCUT2D eigenvalue weighted by atomic mass is 16.7. The third-order valence-electron chi connectivity index (χ3n) is 7.85. The Kier molecular flexibility index (Phi) is 9.95. The Hall–Kier alpha value is -5.62. The van der Waals surface area contributed by atoms with Gasteiger partial charge in [0.1, 0.15) is 17.9 Å². The lowest BCUT2D eigenvalue weighted by Gasteiger charge is -2.37. The molecule has 0 spiro atoms. The highest BCUT2D eigenvalue weighted by Gasteiger charge is 2.27. The number of ether oxygens (including phenoxy) is 4. The molecule has 0 atom stereocenters. The minimum atomic E-state index is -0.552. The van der Waals surface area contributed by atoms with Crippen molar-refractivity contribution in [1.82, 2.24) is 19.5 Å². The Balaban J connectivity index is 1.20. The number of piperazine rings is 1. The van der Waals surface area contributed by atoms with Crippen LogP contribution in [0.5, 0.6) is 11.5 Å². The quantitative estimate of drug-likeness (QED) is 0.172. The minimum absolute atomic E-state index is 0.0726. The summed E-state index contributed by atoms with van der Waals surface area (Å²) in [6.07, 6.45) is 3.11. The van der Waals surface area contributed by atoms with Crippen LogP contribution < -0.4 is 19.7 Å². The molecule has 1 N–H and O–H groups in total. The van der Waals surface area contributed by atoms with E-state index in [-0.39, 0.29) is 24.5 Å². The smallest absolute Gasteiger partial charge is 0.410 e. The normalized spacial score (nSPS) is 13.3. The van der Waals surface area contributed by atoms with Gasteiger partial charge in [0.25, 0.3) is 5.91 Å². The predicted molar refractivity (Wildman–Crippen MR) is 186 cm³/mol. The number of nitrogens with one attached hydrogen (secondary N) is 1. The molecule has 12 nitrogen and oxygen atoms in total. The van der Waals surface area contributed by atoms with Crippen LogP contribution in [-0.2, 0) is 16.1 Å². The summed E-state index contributed by atoms with van der Waals surface area (Å²) in [6, 6.07) is 24.7. The second-order valence-corrected chi connectivity index (χ2v) is 12.6. The van der Waals surface area contributed by atoms with Crippen LogP contribution in [0.25, 0.3) is 16.8 Å². The van der Waals surface area contributed by atoms with Crippen LogP contribution in [0.2, 0.25) is 0 Å². The Labute approximate surface area is 285 Å². The van der Waals surface area contributed by atoms with Crippen molar-refractivity contribution in [2.24, 2.45) is 0 Å². The summed E-state index contributed by atoms with van der Waals surface area (Å²) in [6.45, 7) is 8.22. The molecule has 1 aliphatic heterocycles. The average Bonchev–Trinajstić information content (AvgIpc) is 3.53. The number of amides is 2. The number of methoxy groups -OCH3 is 1. The lowest BCUT2D eigenvalue weighted by atomic mass is 10.1. The van der Waals surface area contributed by atoms with Gasteiger partial charge in [-0.1, -0.05) is 48.5 Å². The number of anilines is 2. The van der Waals surface area contributed by atoms with Gasteiger partial charge in [0.15, 0.2) is 23.9 Å². The molecule has 5 aromatic rings. The van der Waals surface area contributed by atoms with Crippen LogP contribution in [0, 0.1) is 0 Å². The molecule has 3 heterocycles. The summed E-state index contributed by atoms with van der Waals surface area (Å²) in [5, 5.41) is 7.52. The van der Waals surface area contributed by atoms with Crippen molar-refractivity contribution < 1.29 is 28.5 Å². The van der Waals surface area contributed by atoms with Gasteiger partial charge in [0, 0.05) is 45.0 Å².